The number of nitrogens with zero attached hydrogens (tertiary/aromatic N) is 1. The highest BCUT2D eigenvalue weighted by atomic mass is 79.9. The molecule has 0 aliphatic carbocycles. The monoisotopic (exact) mass is 279 g/mol. The molecule has 2 aromatic rings. The van der Waals surface area contributed by atoms with E-state index in [1.807, 2.05) is 12.1 Å². The van der Waals surface area contributed by atoms with Gasteiger partial charge in [0.1, 0.15) is 5.69 Å². The Morgan fingerprint density at radius 1 is 1.38 bits per heavy atom. The number of fused-ring (bicyclic) bond motifs is 1. The Morgan fingerprint density at radius 3 is 2.81 bits per heavy atom. The van der Waals surface area contributed by atoms with E-state index in [1.54, 1.807) is 19.3 Å². The molecule has 0 saturated heterocycles. The molecule has 2 rings (SSSR count). The molecule has 0 atom stereocenters. The van der Waals surface area contributed by atoms with E-state index >= 15 is 0 Å². The van der Waals surface area contributed by atoms with Crippen LogP contribution in [0, 0.1) is 0 Å². The highest BCUT2D eigenvalue weighted by Gasteiger charge is 2.12. The maximum Gasteiger partial charge on any atom is 0.270 e. The van der Waals surface area contributed by atoms with Crippen molar-refractivity contribution in [3.8, 4) is 0 Å². The minimum absolute atomic E-state index is 0.215. The van der Waals surface area contributed by atoms with Gasteiger partial charge in [0.2, 0.25) is 0 Å². The number of pyridine rings is 1. The summed E-state index contributed by atoms with van der Waals surface area (Å²) in [4.78, 5) is 15.7. The Kier molecular flexibility index (Phi) is 2.78. The molecule has 0 radical (unpaired) electrons. The van der Waals surface area contributed by atoms with Gasteiger partial charge in [0.05, 0.1) is 5.69 Å². The number of anilines is 1. The van der Waals surface area contributed by atoms with Crippen LogP contribution in [0.2, 0.25) is 0 Å². The number of benzene rings is 1. The Balaban J connectivity index is 2.79. The predicted molar refractivity (Wildman–Crippen MR) is 67.2 cm³/mol. The lowest BCUT2D eigenvalue weighted by Crippen LogP contribution is -2.19. The lowest BCUT2D eigenvalue weighted by molar-refractivity contribution is 0.0960. The maximum atomic E-state index is 11.6. The van der Waals surface area contributed by atoms with Crippen LogP contribution in [0.25, 0.3) is 10.8 Å². The van der Waals surface area contributed by atoms with Crippen molar-refractivity contribution in [1.29, 1.82) is 0 Å². The molecule has 0 unspecified atom stereocenters. The van der Waals surface area contributed by atoms with Crippen LogP contribution in [-0.4, -0.2) is 17.9 Å². The molecule has 0 bridgehead atoms. The lowest BCUT2D eigenvalue weighted by Gasteiger charge is -2.07. The average Bonchev–Trinajstić information content (AvgIpc) is 2.32. The highest BCUT2D eigenvalue weighted by Crippen LogP contribution is 2.29. The van der Waals surface area contributed by atoms with E-state index in [1.165, 1.54) is 0 Å². The third kappa shape index (κ3) is 1.63. The first-order valence-electron chi connectivity index (χ1n) is 4.70. The molecule has 1 aromatic carbocycles. The Hall–Kier alpha value is -1.62. The normalized spacial score (nSPS) is 10.4. The van der Waals surface area contributed by atoms with E-state index in [0.29, 0.717) is 11.4 Å². The van der Waals surface area contributed by atoms with Crippen LogP contribution in [0.4, 0.5) is 5.69 Å². The number of aromatic nitrogens is 1. The minimum Gasteiger partial charge on any atom is -0.397 e. The number of nitrogens with two attached hydrogens (primary N) is 1. The second kappa shape index (κ2) is 4.09. The van der Waals surface area contributed by atoms with Gasteiger partial charge in [-0.2, -0.15) is 0 Å². The standard InChI is InChI=1S/C11H10BrN3O/c1-14-11(16)10-7-2-3-8(12)9(13)6(7)4-5-15-10/h2-5H,13H2,1H3,(H,14,16). The maximum absolute atomic E-state index is 11.6. The van der Waals surface area contributed by atoms with Crippen LogP contribution in [0.15, 0.2) is 28.9 Å². The van der Waals surface area contributed by atoms with Crippen molar-refractivity contribution in [1.82, 2.24) is 10.3 Å². The van der Waals surface area contributed by atoms with Crippen LogP contribution in [0.5, 0.6) is 0 Å². The van der Waals surface area contributed by atoms with Gasteiger partial charge in [0.25, 0.3) is 5.91 Å². The van der Waals surface area contributed by atoms with Crippen molar-refractivity contribution in [2.24, 2.45) is 0 Å². The first kappa shape index (κ1) is 10.9. The number of hydrogen-bond donors (Lipinski definition) is 2. The van der Waals surface area contributed by atoms with Crippen molar-refractivity contribution < 1.29 is 4.79 Å². The topological polar surface area (TPSA) is 68.0 Å². The Morgan fingerprint density at radius 2 is 2.12 bits per heavy atom. The largest absolute Gasteiger partial charge is 0.397 e. The fraction of sp³-hybridized carbons (Fsp3) is 0.0909. The zero-order valence-electron chi connectivity index (χ0n) is 8.62. The molecule has 1 amide bonds. The average molecular weight is 280 g/mol. The molecule has 0 aliphatic rings. The summed E-state index contributed by atoms with van der Waals surface area (Å²) in [6.07, 6.45) is 1.58. The van der Waals surface area contributed by atoms with Gasteiger partial charge in [-0.25, -0.2) is 0 Å². The molecule has 1 aromatic heterocycles. The third-order valence-corrected chi connectivity index (χ3v) is 3.07. The first-order chi connectivity index (χ1) is 7.65. The van der Waals surface area contributed by atoms with Crippen LogP contribution < -0.4 is 11.1 Å². The lowest BCUT2D eigenvalue weighted by atomic mass is 10.1. The molecule has 0 spiro atoms. The quantitative estimate of drug-likeness (QED) is 0.784. The Labute approximate surface area is 101 Å². The van der Waals surface area contributed by atoms with Crippen LogP contribution in [-0.2, 0) is 0 Å². The molecule has 0 fully saturated rings. The second-order valence-electron chi connectivity index (χ2n) is 3.29. The van der Waals surface area contributed by atoms with E-state index in [0.717, 1.165) is 15.2 Å². The summed E-state index contributed by atoms with van der Waals surface area (Å²) < 4.78 is 0.814. The third-order valence-electron chi connectivity index (χ3n) is 2.38. The zero-order valence-corrected chi connectivity index (χ0v) is 10.2. The van der Waals surface area contributed by atoms with E-state index < -0.39 is 0 Å². The smallest absolute Gasteiger partial charge is 0.270 e. The van der Waals surface area contributed by atoms with E-state index in [4.69, 9.17) is 5.73 Å². The van der Waals surface area contributed by atoms with Crippen molar-refractivity contribution in [2.75, 3.05) is 12.8 Å². The fourth-order valence-electron chi connectivity index (χ4n) is 1.55. The van der Waals surface area contributed by atoms with E-state index in [2.05, 4.69) is 26.2 Å². The van der Waals surface area contributed by atoms with Crippen molar-refractivity contribution in [2.45, 2.75) is 0 Å². The SMILES string of the molecule is CNC(=O)c1nccc2c(N)c(Br)ccc12. The molecular weight excluding hydrogens is 270 g/mol. The van der Waals surface area contributed by atoms with Crippen molar-refractivity contribution in [3.05, 3.63) is 34.6 Å². The van der Waals surface area contributed by atoms with Crippen LogP contribution >= 0.6 is 15.9 Å². The van der Waals surface area contributed by atoms with Crippen LogP contribution in [0.3, 0.4) is 0 Å². The number of carbonyl (C=O) groups is 1. The van der Waals surface area contributed by atoms with Gasteiger partial charge >= 0.3 is 0 Å². The number of amides is 1. The molecule has 16 heavy (non-hydrogen) atoms. The summed E-state index contributed by atoms with van der Waals surface area (Å²) in [6.45, 7) is 0. The van der Waals surface area contributed by atoms with Gasteiger partial charge in [0.15, 0.2) is 0 Å². The van der Waals surface area contributed by atoms with Gasteiger partial charge in [-0.15, -0.1) is 0 Å². The van der Waals surface area contributed by atoms with Gasteiger partial charge in [0, 0.05) is 28.5 Å². The number of halogens is 1. The number of carbonyl (C=O) groups excluding carboxylic acids is 1. The molecule has 0 saturated carbocycles. The number of nitrogen functional groups attached to an aromatic ring is 1. The van der Waals surface area contributed by atoms with Crippen LogP contribution in [0.1, 0.15) is 10.5 Å². The van der Waals surface area contributed by atoms with E-state index in [-0.39, 0.29) is 5.91 Å². The second-order valence-corrected chi connectivity index (χ2v) is 4.15. The van der Waals surface area contributed by atoms with Gasteiger partial charge < -0.3 is 11.1 Å². The minimum atomic E-state index is -0.215. The summed E-state index contributed by atoms with van der Waals surface area (Å²) in [5.74, 6) is -0.215. The van der Waals surface area contributed by atoms with Crippen molar-refractivity contribution >= 4 is 38.3 Å². The fourth-order valence-corrected chi connectivity index (χ4v) is 1.90. The Bertz CT molecular complexity index is 568. The number of hydrogen-bond acceptors (Lipinski definition) is 3. The molecular formula is C11H10BrN3O. The van der Waals surface area contributed by atoms with Gasteiger partial charge in [-0.3, -0.25) is 9.78 Å². The summed E-state index contributed by atoms with van der Waals surface area (Å²) in [5.41, 5.74) is 6.93. The van der Waals surface area contributed by atoms with Gasteiger partial charge in [-0.1, -0.05) is 6.07 Å². The summed E-state index contributed by atoms with van der Waals surface area (Å²) in [7, 11) is 1.57. The first-order valence-corrected chi connectivity index (χ1v) is 5.49. The number of nitrogens with one attached hydrogen (secondary N) is 1. The summed E-state index contributed by atoms with van der Waals surface area (Å²) >= 11 is 3.35. The summed E-state index contributed by atoms with van der Waals surface area (Å²) in [6, 6.07) is 5.43. The molecule has 5 heteroatoms. The molecule has 4 nitrogen and oxygen atoms in total. The van der Waals surface area contributed by atoms with Crippen molar-refractivity contribution in [3.63, 3.8) is 0 Å². The number of rotatable bonds is 1. The highest BCUT2D eigenvalue weighted by molar-refractivity contribution is 9.10. The zero-order chi connectivity index (χ0) is 11.7. The molecule has 1 heterocycles. The molecule has 0 aliphatic heterocycles. The summed E-state index contributed by atoms with van der Waals surface area (Å²) in [5, 5.41) is 4.13. The molecule has 3 N–H and O–H groups in total. The molecule has 82 valence electrons. The van der Waals surface area contributed by atoms with Gasteiger partial charge in [-0.05, 0) is 28.1 Å². The van der Waals surface area contributed by atoms with E-state index in [9.17, 15) is 4.79 Å². The predicted octanol–water partition coefficient (Wildman–Crippen LogP) is 1.94.